The van der Waals surface area contributed by atoms with Crippen LogP contribution in [0.2, 0.25) is 0 Å². The Hall–Kier alpha value is -0.570. The summed E-state index contributed by atoms with van der Waals surface area (Å²) in [6.07, 6.45) is 0.691. The van der Waals surface area contributed by atoms with Crippen molar-refractivity contribution in [1.82, 2.24) is 5.32 Å². The molecule has 0 aromatic carbocycles. The molecule has 1 amide bonds. The van der Waals surface area contributed by atoms with Gasteiger partial charge in [-0.25, -0.2) is 0 Å². The molecular weight excluding hydrogens is 152 g/mol. The average molecular weight is 172 g/mol. The maximum atomic E-state index is 11.3. The molecular formula is C9H20N2O. The Morgan fingerprint density at radius 3 is 2.25 bits per heavy atom. The lowest BCUT2D eigenvalue weighted by Gasteiger charge is -2.19. The van der Waals surface area contributed by atoms with Crippen LogP contribution in [0.15, 0.2) is 0 Å². The molecule has 0 bridgehead atoms. The molecule has 0 fully saturated rings. The van der Waals surface area contributed by atoms with E-state index >= 15 is 0 Å². The van der Waals surface area contributed by atoms with E-state index in [2.05, 4.69) is 19.2 Å². The van der Waals surface area contributed by atoms with Gasteiger partial charge in [-0.2, -0.15) is 0 Å². The molecule has 0 radical (unpaired) electrons. The van der Waals surface area contributed by atoms with Crippen molar-refractivity contribution in [3.05, 3.63) is 0 Å². The zero-order chi connectivity index (χ0) is 9.72. The Morgan fingerprint density at radius 2 is 1.92 bits per heavy atom. The molecule has 0 saturated carbocycles. The lowest BCUT2D eigenvalue weighted by Crippen LogP contribution is -2.45. The van der Waals surface area contributed by atoms with Gasteiger partial charge in [0.15, 0.2) is 0 Å². The predicted octanol–water partition coefficient (Wildman–Crippen LogP) is 0.884. The van der Waals surface area contributed by atoms with Crippen molar-refractivity contribution < 1.29 is 4.79 Å². The molecule has 0 rings (SSSR count). The summed E-state index contributed by atoms with van der Waals surface area (Å²) in [5, 5.41) is 2.87. The van der Waals surface area contributed by atoms with Gasteiger partial charge in [0.25, 0.3) is 0 Å². The summed E-state index contributed by atoms with van der Waals surface area (Å²) in [4.78, 5) is 11.3. The van der Waals surface area contributed by atoms with E-state index in [0.717, 1.165) is 0 Å². The summed E-state index contributed by atoms with van der Waals surface area (Å²) in [5.41, 5.74) is 5.55. The molecule has 0 aliphatic rings. The minimum Gasteiger partial charge on any atom is -0.352 e. The van der Waals surface area contributed by atoms with E-state index in [0.29, 0.717) is 12.3 Å². The highest BCUT2D eigenvalue weighted by molar-refractivity contribution is 5.81. The van der Waals surface area contributed by atoms with Gasteiger partial charge in [0.2, 0.25) is 5.91 Å². The van der Waals surface area contributed by atoms with E-state index in [9.17, 15) is 4.79 Å². The first-order valence-electron chi connectivity index (χ1n) is 4.55. The number of amides is 1. The molecule has 2 unspecified atom stereocenters. The fourth-order valence-electron chi connectivity index (χ4n) is 0.683. The molecule has 72 valence electrons. The number of hydrogen-bond donors (Lipinski definition) is 2. The first-order chi connectivity index (χ1) is 5.49. The maximum absolute atomic E-state index is 11.3. The third-order valence-corrected chi connectivity index (χ3v) is 2.15. The summed E-state index contributed by atoms with van der Waals surface area (Å²) in [6, 6.07) is -0.152. The molecule has 0 saturated heterocycles. The summed E-state index contributed by atoms with van der Waals surface area (Å²) >= 11 is 0. The fraction of sp³-hybridized carbons (Fsp3) is 0.889. The molecule has 3 heteroatoms. The smallest absolute Gasteiger partial charge is 0.237 e. The van der Waals surface area contributed by atoms with Gasteiger partial charge in [0, 0.05) is 6.04 Å². The van der Waals surface area contributed by atoms with Crippen molar-refractivity contribution in [3.63, 3.8) is 0 Å². The fourth-order valence-corrected chi connectivity index (χ4v) is 0.683. The molecule has 0 heterocycles. The number of carbonyl (C=O) groups is 1. The minimum absolute atomic E-state index is 0.0429. The lowest BCUT2D eigenvalue weighted by atomic mass is 10.1. The second-order valence-electron chi connectivity index (χ2n) is 3.56. The van der Waals surface area contributed by atoms with Crippen molar-refractivity contribution in [2.45, 2.75) is 46.2 Å². The van der Waals surface area contributed by atoms with E-state index in [1.54, 1.807) is 0 Å². The van der Waals surface area contributed by atoms with Crippen molar-refractivity contribution in [3.8, 4) is 0 Å². The van der Waals surface area contributed by atoms with Crippen LogP contribution in [0.3, 0.4) is 0 Å². The van der Waals surface area contributed by atoms with Gasteiger partial charge in [-0.15, -0.1) is 0 Å². The Bertz CT molecular complexity index is 145. The standard InChI is InChI=1S/C9H20N2O/c1-5-8(10)9(12)11-7(4)6(2)3/h6-8H,5,10H2,1-4H3,(H,11,12). The zero-order valence-corrected chi connectivity index (χ0v) is 8.42. The first kappa shape index (κ1) is 11.4. The molecule has 0 aliphatic carbocycles. The van der Waals surface area contributed by atoms with E-state index in [4.69, 9.17) is 5.73 Å². The maximum Gasteiger partial charge on any atom is 0.237 e. The molecule has 0 aliphatic heterocycles. The number of hydrogen-bond acceptors (Lipinski definition) is 2. The molecule has 12 heavy (non-hydrogen) atoms. The molecule has 3 nitrogen and oxygen atoms in total. The normalized spacial score (nSPS) is 15.8. The topological polar surface area (TPSA) is 55.1 Å². The summed E-state index contributed by atoms with van der Waals surface area (Å²) in [5.74, 6) is 0.414. The van der Waals surface area contributed by atoms with Crippen molar-refractivity contribution in [2.75, 3.05) is 0 Å². The Labute approximate surface area is 74.7 Å². The largest absolute Gasteiger partial charge is 0.352 e. The van der Waals surface area contributed by atoms with Crippen LogP contribution >= 0.6 is 0 Å². The van der Waals surface area contributed by atoms with Crippen LogP contribution in [0, 0.1) is 5.92 Å². The van der Waals surface area contributed by atoms with Gasteiger partial charge in [0.1, 0.15) is 0 Å². The Kier molecular flexibility index (Phi) is 4.90. The van der Waals surface area contributed by atoms with E-state index in [1.807, 2.05) is 13.8 Å². The molecule has 0 aromatic heterocycles. The third kappa shape index (κ3) is 3.72. The summed E-state index contributed by atoms with van der Waals surface area (Å²) in [7, 11) is 0. The van der Waals surface area contributed by atoms with Gasteiger partial charge in [-0.1, -0.05) is 20.8 Å². The average Bonchev–Trinajstić information content (AvgIpc) is 2.02. The Balaban J connectivity index is 3.84. The van der Waals surface area contributed by atoms with Crippen LogP contribution in [0.4, 0.5) is 0 Å². The summed E-state index contributed by atoms with van der Waals surface area (Å²) < 4.78 is 0. The number of rotatable bonds is 4. The monoisotopic (exact) mass is 172 g/mol. The molecule has 3 N–H and O–H groups in total. The quantitative estimate of drug-likeness (QED) is 0.661. The van der Waals surface area contributed by atoms with Crippen LogP contribution in [-0.2, 0) is 4.79 Å². The lowest BCUT2D eigenvalue weighted by molar-refractivity contribution is -0.123. The minimum atomic E-state index is -0.355. The predicted molar refractivity (Wildman–Crippen MR) is 50.7 cm³/mol. The van der Waals surface area contributed by atoms with Gasteiger partial charge < -0.3 is 11.1 Å². The number of nitrogens with two attached hydrogens (primary N) is 1. The highest BCUT2D eigenvalue weighted by atomic mass is 16.2. The van der Waals surface area contributed by atoms with Crippen LogP contribution in [-0.4, -0.2) is 18.0 Å². The highest BCUT2D eigenvalue weighted by Gasteiger charge is 2.15. The van der Waals surface area contributed by atoms with Crippen molar-refractivity contribution in [2.24, 2.45) is 11.7 Å². The van der Waals surface area contributed by atoms with Crippen LogP contribution < -0.4 is 11.1 Å². The SMILES string of the molecule is CCC(N)C(=O)NC(C)C(C)C. The third-order valence-electron chi connectivity index (χ3n) is 2.15. The van der Waals surface area contributed by atoms with E-state index in [1.165, 1.54) is 0 Å². The molecule has 0 spiro atoms. The zero-order valence-electron chi connectivity index (χ0n) is 8.42. The van der Waals surface area contributed by atoms with Crippen LogP contribution in [0.5, 0.6) is 0 Å². The van der Waals surface area contributed by atoms with Crippen LogP contribution in [0.25, 0.3) is 0 Å². The van der Waals surface area contributed by atoms with Gasteiger partial charge in [-0.05, 0) is 19.3 Å². The van der Waals surface area contributed by atoms with Crippen LogP contribution in [0.1, 0.15) is 34.1 Å². The molecule has 2 atom stereocenters. The van der Waals surface area contributed by atoms with E-state index < -0.39 is 0 Å². The first-order valence-corrected chi connectivity index (χ1v) is 4.55. The summed E-state index contributed by atoms with van der Waals surface area (Å²) in [6.45, 7) is 8.04. The number of carbonyl (C=O) groups excluding carboxylic acids is 1. The Morgan fingerprint density at radius 1 is 1.42 bits per heavy atom. The van der Waals surface area contributed by atoms with Crippen molar-refractivity contribution in [1.29, 1.82) is 0 Å². The van der Waals surface area contributed by atoms with E-state index in [-0.39, 0.29) is 18.0 Å². The molecule has 0 aromatic rings. The van der Waals surface area contributed by atoms with Gasteiger partial charge in [-0.3, -0.25) is 4.79 Å². The second kappa shape index (κ2) is 5.14. The van der Waals surface area contributed by atoms with Gasteiger partial charge >= 0.3 is 0 Å². The number of nitrogens with one attached hydrogen (secondary N) is 1. The second-order valence-corrected chi connectivity index (χ2v) is 3.56. The highest BCUT2D eigenvalue weighted by Crippen LogP contribution is 2.00. The van der Waals surface area contributed by atoms with Gasteiger partial charge in [0.05, 0.1) is 6.04 Å². The van der Waals surface area contributed by atoms with Crippen molar-refractivity contribution >= 4 is 5.91 Å².